The van der Waals surface area contributed by atoms with E-state index in [0.29, 0.717) is 23.1 Å². The maximum Gasteiger partial charge on any atom is 0.410 e. The molecule has 12 nitrogen and oxygen atoms in total. The fourth-order valence-electron chi connectivity index (χ4n) is 2.34. The van der Waals surface area contributed by atoms with Crippen LogP contribution in [-0.4, -0.2) is 79.8 Å². The predicted octanol–water partition coefficient (Wildman–Crippen LogP) is 3.84. The molecule has 0 saturated carbocycles. The van der Waals surface area contributed by atoms with Gasteiger partial charge in [-0.1, -0.05) is 14.9 Å². The second kappa shape index (κ2) is 19.5. The average molecular weight is 559 g/mol. The Morgan fingerprint density at radius 1 is 0.868 bits per heavy atom. The van der Waals surface area contributed by atoms with Gasteiger partial charge in [-0.15, -0.1) is 12.4 Å². The van der Waals surface area contributed by atoms with E-state index >= 15 is 0 Å². The first kappa shape index (κ1) is 38.9. The van der Waals surface area contributed by atoms with E-state index < -0.39 is 11.7 Å². The molecule has 2 aromatic heterocycles. The number of pyridine rings is 2. The summed E-state index contributed by atoms with van der Waals surface area (Å²) in [5.74, 6) is 0.547. The third-order valence-corrected chi connectivity index (χ3v) is 3.88. The molecule has 0 saturated heterocycles. The summed E-state index contributed by atoms with van der Waals surface area (Å²) in [6, 6.07) is 6.72. The molecule has 0 bridgehead atoms. The molecule has 0 spiro atoms. The van der Waals surface area contributed by atoms with Gasteiger partial charge in [-0.2, -0.15) is 0 Å². The van der Waals surface area contributed by atoms with E-state index in [1.54, 1.807) is 65.4 Å². The number of carbonyl (C=O) groups is 3. The maximum absolute atomic E-state index is 11.8. The van der Waals surface area contributed by atoms with Crippen LogP contribution in [0.1, 0.15) is 35.6 Å². The van der Waals surface area contributed by atoms with E-state index in [4.69, 9.17) is 14.2 Å². The highest BCUT2D eigenvalue weighted by molar-refractivity contribution is 5.93. The summed E-state index contributed by atoms with van der Waals surface area (Å²) in [7, 11) is 6.27. The van der Waals surface area contributed by atoms with Crippen molar-refractivity contribution >= 4 is 41.7 Å². The van der Waals surface area contributed by atoms with Crippen molar-refractivity contribution in [3.8, 4) is 11.8 Å². The minimum Gasteiger partial charge on any atom is -0.481 e. The van der Waals surface area contributed by atoms with Gasteiger partial charge in [0.05, 0.1) is 44.5 Å². The highest BCUT2D eigenvalue weighted by Crippen LogP contribution is 2.12. The molecule has 0 fully saturated rings. The van der Waals surface area contributed by atoms with Crippen molar-refractivity contribution in [2.24, 2.45) is 0 Å². The van der Waals surface area contributed by atoms with E-state index in [9.17, 15) is 14.4 Å². The van der Waals surface area contributed by atoms with Crippen LogP contribution in [0.4, 0.5) is 16.2 Å². The van der Waals surface area contributed by atoms with Crippen molar-refractivity contribution in [2.75, 3.05) is 52.0 Å². The number of hydrogen-bond acceptors (Lipinski definition) is 9. The molecule has 0 aromatic carbocycles. The Kier molecular flexibility index (Phi) is 19.9. The van der Waals surface area contributed by atoms with E-state index in [-0.39, 0.29) is 52.2 Å². The van der Waals surface area contributed by atoms with E-state index in [1.165, 1.54) is 25.3 Å². The van der Waals surface area contributed by atoms with Gasteiger partial charge in [0.25, 0.3) is 0 Å². The molecular formula is C25H43ClN6O6. The molecule has 0 radical (unpaired) electrons. The average Bonchev–Trinajstić information content (AvgIpc) is 2.79. The minimum atomic E-state index is -0.596. The van der Waals surface area contributed by atoms with Crippen LogP contribution in [-0.2, 0) is 14.3 Å². The predicted molar refractivity (Wildman–Crippen MR) is 152 cm³/mol. The Morgan fingerprint density at radius 2 is 1.32 bits per heavy atom. The second-order valence-electron chi connectivity index (χ2n) is 8.14. The fourth-order valence-corrected chi connectivity index (χ4v) is 2.34. The van der Waals surface area contributed by atoms with Crippen molar-refractivity contribution < 1.29 is 28.6 Å². The van der Waals surface area contributed by atoms with Gasteiger partial charge in [0.2, 0.25) is 23.6 Å². The topological polar surface area (TPSA) is 144 Å². The molecule has 13 heteroatoms. The van der Waals surface area contributed by atoms with Crippen LogP contribution in [0.2, 0.25) is 0 Å². The summed E-state index contributed by atoms with van der Waals surface area (Å²) in [5, 5.41) is 8.06. The highest BCUT2D eigenvalue weighted by Gasteiger charge is 2.21. The third kappa shape index (κ3) is 16.2. The minimum absolute atomic E-state index is 0. The Morgan fingerprint density at radius 3 is 1.66 bits per heavy atom. The van der Waals surface area contributed by atoms with Gasteiger partial charge in [-0.05, 0) is 40.0 Å². The quantitative estimate of drug-likeness (QED) is 0.440. The lowest BCUT2D eigenvalue weighted by molar-refractivity contribution is -0.117. The Labute approximate surface area is 232 Å². The number of hydrogen-bond donors (Lipinski definition) is 3. The van der Waals surface area contributed by atoms with Gasteiger partial charge in [-0.25, -0.2) is 14.8 Å². The molecule has 2 rings (SSSR count). The van der Waals surface area contributed by atoms with Crippen LogP contribution in [0.15, 0.2) is 36.7 Å². The number of anilines is 2. The van der Waals surface area contributed by atoms with Gasteiger partial charge in [0.15, 0.2) is 0 Å². The third-order valence-electron chi connectivity index (χ3n) is 3.88. The van der Waals surface area contributed by atoms with Gasteiger partial charge in [0.1, 0.15) is 12.1 Å². The Bertz CT molecular complexity index is 952. The molecular weight excluding hydrogens is 516 g/mol. The molecule has 0 unspecified atom stereocenters. The molecule has 2 heterocycles. The molecule has 0 atom stereocenters. The van der Waals surface area contributed by atoms with Crippen molar-refractivity contribution in [1.82, 2.24) is 20.2 Å². The largest absolute Gasteiger partial charge is 0.481 e. The first-order chi connectivity index (χ1) is 16.5. The number of amides is 3. The lowest BCUT2D eigenvalue weighted by Gasteiger charge is -2.24. The summed E-state index contributed by atoms with van der Waals surface area (Å²) in [5.41, 5.74) is 0.589. The van der Waals surface area contributed by atoms with Crippen molar-refractivity contribution in [3.05, 3.63) is 36.7 Å². The van der Waals surface area contributed by atoms with E-state index in [1.807, 2.05) is 0 Å². The highest BCUT2D eigenvalue weighted by atomic mass is 35.5. The molecule has 0 aliphatic heterocycles. The fraction of sp³-hybridized carbons (Fsp3) is 0.480. The Hall–Kier alpha value is -3.64. The van der Waals surface area contributed by atoms with Crippen LogP contribution in [0.3, 0.4) is 0 Å². The van der Waals surface area contributed by atoms with Crippen molar-refractivity contribution in [2.45, 2.75) is 41.2 Å². The smallest absolute Gasteiger partial charge is 0.410 e. The molecule has 3 amide bonds. The number of carbonyl (C=O) groups excluding carboxylic acids is 3. The zero-order valence-electron chi connectivity index (χ0n) is 21.6. The first-order valence-electron chi connectivity index (χ1n) is 10.7. The van der Waals surface area contributed by atoms with Crippen LogP contribution < -0.4 is 25.4 Å². The van der Waals surface area contributed by atoms with E-state index in [2.05, 4.69) is 25.9 Å². The van der Waals surface area contributed by atoms with Gasteiger partial charge < -0.3 is 35.1 Å². The van der Waals surface area contributed by atoms with Crippen LogP contribution in [0, 0.1) is 0 Å². The molecule has 38 heavy (non-hydrogen) atoms. The van der Waals surface area contributed by atoms with Crippen molar-refractivity contribution in [3.63, 3.8) is 0 Å². The normalized spacial score (nSPS) is 9.45. The second-order valence-corrected chi connectivity index (χ2v) is 8.14. The van der Waals surface area contributed by atoms with Crippen LogP contribution in [0.5, 0.6) is 11.8 Å². The number of likely N-dealkylation sites (N-methyl/N-ethyl adjacent to an activating group) is 2. The van der Waals surface area contributed by atoms with Crippen LogP contribution >= 0.6 is 12.4 Å². The number of ether oxygens (including phenoxy) is 3. The number of methoxy groups -OCH3 is 2. The summed E-state index contributed by atoms with van der Waals surface area (Å²) < 4.78 is 15.0. The number of rotatable bonds is 8. The molecule has 3 N–H and O–H groups in total. The lowest BCUT2D eigenvalue weighted by atomic mass is 10.2. The standard InChI is InChI=1S/C14H21N3O4.C9H13N3O2.2CH4.ClH/c1-14(2,3)21-13(19)17(4)9-11(18)16-10-6-7-12(20-5)15-8-10;1-10-6-8(13)12-7-3-4-9(14-2)11-5-7;;;/h6-8H,9H2,1-5H3,(H,16,18);3-5,10H,6H2,1-2H3,(H,12,13);2*1H4;1H. The Balaban J connectivity index is -0.000000637. The monoisotopic (exact) mass is 558 g/mol. The zero-order valence-corrected chi connectivity index (χ0v) is 22.4. The number of aromatic nitrogens is 2. The number of halogens is 1. The molecule has 0 aliphatic carbocycles. The number of nitrogens with one attached hydrogen (secondary N) is 3. The van der Waals surface area contributed by atoms with Gasteiger partial charge >= 0.3 is 6.09 Å². The SMILES string of the molecule is C.C.CNCC(=O)Nc1ccc(OC)nc1.COc1ccc(NC(=O)CN(C)C(=O)OC(C)(C)C)cn1.Cl. The van der Waals surface area contributed by atoms with E-state index in [0.717, 1.165) is 0 Å². The molecule has 0 aliphatic rings. The van der Waals surface area contributed by atoms with Crippen molar-refractivity contribution in [1.29, 1.82) is 0 Å². The van der Waals surface area contributed by atoms with Crippen LogP contribution in [0.25, 0.3) is 0 Å². The molecule has 216 valence electrons. The summed E-state index contributed by atoms with van der Waals surface area (Å²) in [4.78, 5) is 43.8. The summed E-state index contributed by atoms with van der Waals surface area (Å²) in [6.07, 6.45) is 2.47. The maximum atomic E-state index is 11.8. The van der Waals surface area contributed by atoms with Gasteiger partial charge in [0, 0.05) is 19.2 Å². The summed E-state index contributed by atoms with van der Waals surface area (Å²) >= 11 is 0. The summed E-state index contributed by atoms with van der Waals surface area (Å²) in [6.45, 7) is 5.47. The molecule has 2 aromatic rings. The lowest BCUT2D eigenvalue weighted by Crippen LogP contribution is -2.38. The van der Waals surface area contributed by atoms with Gasteiger partial charge in [-0.3, -0.25) is 9.59 Å². The number of nitrogens with zero attached hydrogens (tertiary/aromatic N) is 3. The first-order valence-corrected chi connectivity index (χ1v) is 10.7. The zero-order chi connectivity index (χ0) is 26.4.